The molecule has 8 heteroatoms. The second-order valence-corrected chi connectivity index (χ2v) is 7.60. The number of thioether (sulfide) groups is 1. The minimum atomic E-state index is 0.221. The van der Waals surface area contributed by atoms with E-state index >= 15 is 0 Å². The summed E-state index contributed by atoms with van der Waals surface area (Å²) in [6.07, 6.45) is 7.88. The van der Waals surface area contributed by atoms with Crippen molar-refractivity contribution >= 4 is 17.7 Å². The van der Waals surface area contributed by atoms with Crippen molar-refractivity contribution in [2.75, 3.05) is 5.75 Å². The predicted molar refractivity (Wildman–Crippen MR) is 89.2 cm³/mol. The molecule has 2 aliphatic rings. The number of unbranched alkanes of at least 4 members (excludes halogenated alkanes) is 1. The van der Waals surface area contributed by atoms with Crippen LogP contribution in [-0.4, -0.2) is 43.3 Å². The lowest BCUT2D eigenvalue weighted by Gasteiger charge is -2.17. The molecule has 0 unspecified atom stereocenters. The van der Waals surface area contributed by atoms with Gasteiger partial charge in [0.15, 0.2) is 5.82 Å². The molecular formula is C16H19N5O2S. The van der Waals surface area contributed by atoms with Gasteiger partial charge >= 0.3 is 0 Å². The van der Waals surface area contributed by atoms with Crippen molar-refractivity contribution < 1.29 is 9.21 Å². The van der Waals surface area contributed by atoms with E-state index in [1.54, 1.807) is 18.6 Å². The highest BCUT2D eigenvalue weighted by atomic mass is 32.2. The minimum Gasteiger partial charge on any atom is -0.472 e. The molecule has 2 saturated heterocycles. The third-order valence-corrected chi connectivity index (χ3v) is 6.22. The second kappa shape index (κ2) is 6.88. The number of amides is 1. The summed E-state index contributed by atoms with van der Waals surface area (Å²) in [6.45, 7) is 0. The van der Waals surface area contributed by atoms with E-state index in [1.807, 2.05) is 11.8 Å². The molecule has 2 aromatic rings. The lowest BCUT2D eigenvalue weighted by Crippen LogP contribution is -2.34. The molecule has 3 atom stereocenters. The van der Waals surface area contributed by atoms with Gasteiger partial charge < -0.3 is 9.73 Å². The molecule has 2 aliphatic heterocycles. The molecule has 0 radical (unpaired) electrons. The Morgan fingerprint density at radius 1 is 1.25 bits per heavy atom. The highest BCUT2D eigenvalue weighted by Crippen LogP contribution is 2.39. The molecule has 4 heterocycles. The summed E-state index contributed by atoms with van der Waals surface area (Å²) in [7, 11) is 0. The zero-order chi connectivity index (χ0) is 16.4. The van der Waals surface area contributed by atoms with Crippen molar-refractivity contribution in [3.63, 3.8) is 0 Å². The van der Waals surface area contributed by atoms with Gasteiger partial charge in [-0.25, -0.2) is 0 Å². The first-order valence-corrected chi connectivity index (χ1v) is 9.34. The number of fused-ring (bicyclic) bond motifs is 1. The van der Waals surface area contributed by atoms with Gasteiger partial charge in [-0.3, -0.25) is 4.79 Å². The van der Waals surface area contributed by atoms with Crippen molar-refractivity contribution in [3.8, 4) is 11.4 Å². The maximum atomic E-state index is 11.5. The van der Waals surface area contributed by atoms with Crippen LogP contribution in [0.1, 0.15) is 31.5 Å². The smallest absolute Gasteiger partial charge is 0.220 e. The molecule has 0 saturated carbocycles. The number of aryl methyl sites for hydroxylation is 1. The zero-order valence-corrected chi connectivity index (χ0v) is 14.0. The van der Waals surface area contributed by atoms with Crippen LogP contribution < -0.4 is 5.32 Å². The lowest BCUT2D eigenvalue weighted by molar-refractivity contribution is -0.119. The summed E-state index contributed by atoms with van der Waals surface area (Å²) in [5.74, 6) is 3.03. The Labute approximate surface area is 144 Å². The number of rotatable bonds is 6. The highest BCUT2D eigenvalue weighted by Gasteiger charge is 2.42. The molecule has 0 aromatic carbocycles. The van der Waals surface area contributed by atoms with Crippen molar-refractivity contribution in [1.29, 1.82) is 0 Å². The van der Waals surface area contributed by atoms with Gasteiger partial charge in [0.2, 0.25) is 11.7 Å². The molecule has 2 aromatic heterocycles. The number of aromatic nitrogens is 4. The Morgan fingerprint density at radius 3 is 2.92 bits per heavy atom. The fraction of sp³-hybridized carbons (Fsp3) is 0.562. The first-order valence-electron chi connectivity index (χ1n) is 8.29. The summed E-state index contributed by atoms with van der Waals surface area (Å²) in [4.78, 5) is 11.5. The van der Waals surface area contributed by atoms with Gasteiger partial charge in [0.1, 0.15) is 6.26 Å². The molecule has 24 heavy (non-hydrogen) atoms. The van der Waals surface area contributed by atoms with Crippen LogP contribution in [0.4, 0.5) is 0 Å². The molecule has 4 rings (SSSR count). The van der Waals surface area contributed by atoms with Gasteiger partial charge in [0.05, 0.1) is 11.8 Å². The van der Waals surface area contributed by atoms with Crippen molar-refractivity contribution in [2.45, 2.75) is 43.4 Å². The third-order valence-electron chi connectivity index (χ3n) is 4.65. The fourth-order valence-corrected chi connectivity index (χ4v) is 5.04. The molecule has 126 valence electrons. The summed E-state index contributed by atoms with van der Waals surface area (Å²) in [5.41, 5.74) is 0.785. The summed E-state index contributed by atoms with van der Waals surface area (Å²) in [5, 5.41) is 20.2. The number of carbonyl (C=O) groups excluding carboxylic acids is 1. The molecule has 7 nitrogen and oxygen atoms in total. The number of furan rings is 1. The first-order chi connectivity index (χ1) is 11.8. The highest BCUT2D eigenvalue weighted by molar-refractivity contribution is 8.00. The monoisotopic (exact) mass is 345 g/mol. The van der Waals surface area contributed by atoms with E-state index in [0.717, 1.165) is 37.0 Å². The topological polar surface area (TPSA) is 93.8 Å². The number of hydrogen-bond donors (Lipinski definition) is 1. The van der Waals surface area contributed by atoms with Crippen LogP contribution in [0.2, 0.25) is 0 Å². The number of carbonyl (C=O) groups is 1. The van der Waals surface area contributed by atoms with Crippen LogP contribution in [0.3, 0.4) is 0 Å². The molecule has 2 fully saturated rings. The van der Waals surface area contributed by atoms with Crippen molar-refractivity contribution in [1.82, 2.24) is 25.7 Å². The van der Waals surface area contributed by atoms with Crippen LogP contribution in [0.5, 0.6) is 0 Å². The Kier molecular flexibility index (Phi) is 4.46. The van der Waals surface area contributed by atoms with E-state index in [4.69, 9.17) is 4.42 Å². The van der Waals surface area contributed by atoms with Crippen LogP contribution in [0, 0.1) is 5.92 Å². The molecule has 0 bridgehead atoms. The summed E-state index contributed by atoms with van der Waals surface area (Å²) < 4.78 is 5.00. The minimum absolute atomic E-state index is 0.221. The Balaban J connectivity index is 1.22. The maximum Gasteiger partial charge on any atom is 0.220 e. The standard InChI is InChI=1S/C16H19N5O2S/c22-14-7-11-9-24-12(15(11)17-14)3-1-2-4-13-18-20-16(21-19-13)10-5-6-23-8-10/h5-6,8,11-12,15H,1-4,7,9H2,(H,17,22)/t11-,12-,15-/m0/s1. The van der Waals surface area contributed by atoms with Crippen LogP contribution in [-0.2, 0) is 11.2 Å². The Bertz CT molecular complexity index is 691. The van der Waals surface area contributed by atoms with E-state index in [2.05, 4.69) is 25.7 Å². The molecular weight excluding hydrogens is 326 g/mol. The largest absolute Gasteiger partial charge is 0.472 e. The first kappa shape index (κ1) is 15.6. The van der Waals surface area contributed by atoms with E-state index in [0.29, 0.717) is 35.3 Å². The van der Waals surface area contributed by atoms with Crippen LogP contribution >= 0.6 is 11.8 Å². The zero-order valence-electron chi connectivity index (χ0n) is 13.2. The SMILES string of the molecule is O=C1C[C@H]2CS[C@@H](CCCCc3nnc(-c4ccoc4)nn3)[C@H]2N1. The summed E-state index contributed by atoms with van der Waals surface area (Å²) in [6, 6.07) is 2.17. The van der Waals surface area contributed by atoms with Crippen LogP contribution in [0.25, 0.3) is 11.4 Å². The molecule has 0 aliphatic carbocycles. The van der Waals surface area contributed by atoms with Gasteiger partial charge in [-0.1, -0.05) is 6.42 Å². The van der Waals surface area contributed by atoms with Gasteiger partial charge in [-0.2, -0.15) is 11.8 Å². The van der Waals surface area contributed by atoms with Gasteiger partial charge in [0.25, 0.3) is 0 Å². The number of nitrogens with one attached hydrogen (secondary N) is 1. The normalized spacial score (nSPS) is 25.7. The lowest BCUT2D eigenvalue weighted by atomic mass is 9.97. The third kappa shape index (κ3) is 3.28. The molecule has 1 amide bonds. The predicted octanol–water partition coefficient (Wildman–Crippen LogP) is 1.86. The Hall–Kier alpha value is -1.96. The van der Waals surface area contributed by atoms with Crippen molar-refractivity contribution in [2.24, 2.45) is 5.92 Å². The summed E-state index contributed by atoms with van der Waals surface area (Å²) >= 11 is 2.00. The van der Waals surface area contributed by atoms with E-state index in [9.17, 15) is 4.79 Å². The quantitative estimate of drug-likeness (QED) is 0.799. The average molecular weight is 345 g/mol. The second-order valence-electron chi connectivity index (χ2n) is 6.33. The van der Waals surface area contributed by atoms with Gasteiger partial charge in [0, 0.05) is 24.1 Å². The van der Waals surface area contributed by atoms with Crippen LogP contribution in [0.15, 0.2) is 23.0 Å². The maximum absolute atomic E-state index is 11.5. The van der Waals surface area contributed by atoms with Crippen molar-refractivity contribution in [3.05, 3.63) is 24.4 Å². The average Bonchev–Trinajstić information content (AvgIpc) is 3.30. The number of hydrogen-bond acceptors (Lipinski definition) is 7. The van der Waals surface area contributed by atoms with E-state index in [1.165, 1.54) is 0 Å². The van der Waals surface area contributed by atoms with E-state index < -0.39 is 0 Å². The van der Waals surface area contributed by atoms with E-state index in [-0.39, 0.29) is 5.91 Å². The fourth-order valence-electron chi connectivity index (χ4n) is 3.39. The van der Waals surface area contributed by atoms with Gasteiger partial charge in [-0.05, 0) is 30.6 Å². The van der Waals surface area contributed by atoms with Gasteiger partial charge in [-0.15, -0.1) is 20.4 Å². The molecule has 1 N–H and O–H groups in total. The number of nitrogens with zero attached hydrogens (tertiary/aromatic N) is 4. The Morgan fingerprint density at radius 2 is 2.12 bits per heavy atom. The molecule has 0 spiro atoms.